The molecule has 0 saturated carbocycles. The Hall–Kier alpha value is -1.76. The van der Waals surface area contributed by atoms with E-state index >= 15 is 0 Å². The van der Waals surface area contributed by atoms with Crippen LogP contribution < -0.4 is 0 Å². The zero-order valence-corrected chi connectivity index (χ0v) is 13.7. The van der Waals surface area contributed by atoms with Crippen LogP contribution in [0.4, 0.5) is 0 Å². The Kier molecular flexibility index (Phi) is 12.0. The highest BCUT2D eigenvalue weighted by Gasteiger charge is 2.05. The van der Waals surface area contributed by atoms with E-state index in [9.17, 15) is 26.4 Å². The fourth-order valence-corrected chi connectivity index (χ4v) is 1.56. The molecule has 0 rings (SSSR count). The molecule has 0 radical (unpaired) electrons. The smallest absolute Gasteiger partial charge is 0.330 e. The van der Waals surface area contributed by atoms with Crippen molar-refractivity contribution in [3.63, 3.8) is 0 Å². The van der Waals surface area contributed by atoms with Crippen molar-refractivity contribution in [2.24, 2.45) is 0 Å². The van der Waals surface area contributed by atoms with Gasteiger partial charge in [0, 0.05) is 12.2 Å². The fraction of sp³-hybridized carbons (Fsp3) is 0.455. The van der Waals surface area contributed by atoms with Crippen molar-refractivity contribution in [1.82, 2.24) is 0 Å². The Morgan fingerprint density at radius 1 is 0.826 bits per heavy atom. The third-order valence-corrected chi connectivity index (χ3v) is 3.20. The van der Waals surface area contributed by atoms with Gasteiger partial charge in [-0.05, 0) is 6.42 Å². The molecular weight excluding hydrogens is 356 g/mol. The van der Waals surface area contributed by atoms with Gasteiger partial charge in [0.05, 0.1) is 12.4 Å². The van der Waals surface area contributed by atoms with Crippen LogP contribution >= 0.6 is 0 Å². The van der Waals surface area contributed by atoms with Crippen molar-refractivity contribution in [2.75, 3.05) is 24.7 Å². The van der Waals surface area contributed by atoms with E-state index in [4.69, 9.17) is 9.11 Å². The van der Waals surface area contributed by atoms with E-state index in [1.54, 1.807) is 0 Å². The second-order valence-electron chi connectivity index (χ2n) is 3.67. The Morgan fingerprint density at radius 3 is 1.57 bits per heavy atom. The van der Waals surface area contributed by atoms with Gasteiger partial charge in [-0.3, -0.25) is 9.11 Å². The molecule has 134 valence electrons. The summed E-state index contributed by atoms with van der Waals surface area (Å²) in [7, 11) is -7.99. The van der Waals surface area contributed by atoms with Gasteiger partial charge in [-0.2, -0.15) is 16.8 Å². The topological polar surface area (TPSA) is 161 Å². The fourth-order valence-electron chi connectivity index (χ4n) is 0.780. The van der Waals surface area contributed by atoms with E-state index in [1.165, 1.54) is 0 Å². The molecule has 0 aliphatic rings. The summed E-state index contributed by atoms with van der Waals surface area (Å²) in [5.74, 6) is -2.32. The lowest BCUT2D eigenvalue weighted by molar-refractivity contribution is -0.138. The highest BCUT2D eigenvalue weighted by atomic mass is 32.2. The van der Waals surface area contributed by atoms with E-state index in [1.807, 2.05) is 0 Å². The van der Waals surface area contributed by atoms with Gasteiger partial charge in [-0.1, -0.05) is 13.2 Å². The lowest BCUT2D eigenvalue weighted by atomic mass is 10.5. The summed E-state index contributed by atoms with van der Waals surface area (Å²) in [5.41, 5.74) is 0. The SMILES string of the molecule is C=CC(=O)OCCCS(=O)(=O)O.C=CC(=O)OCCS(=O)(=O)O. The molecule has 0 aliphatic heterocycles. The van der Waals surface area contributed by atoms with Crippen LogP contribution in [-0.2, 0) is 39.3 Å². The number of hydrogen-bond donors (Lipinski definition) is 2. The van der Waals surface area contributed by atoms with E-state index < -0.39 is 43.7 Å². The number of ether oxygens (including phenoxy) is 2. The molecule has 0 atom stereocenters. The molecule has 12 heteroatoms. The van der Waals surface area contributed by atoms with Crippen molar-refractivity contribution in [2.45, 2.75) is 6.42 Å². The van der Waals surface area contributed by atoms with Crippen LogP contribution in [0.5, 0.6) is 0 Å². The Bertz CT molecular complexity index is 603. The highest BCUT2D eigenvalue weighted by Crippen LogP contribution is 1.90. The molecule has 0 aromatic heterocycles. The summed E-state index contributed by atoms with van der Waals surface area (Å²) in [6.07, 6.45) is 1.97. The highest BCUT2D eigenvalue weighted by molar-refractivity contribution is 7.86. The molecular formula is C11H18O10S2. The van der Waals surface area contributed by atoms with Crippen LogP contribution in [0.3, 0.4) is 0 Å². The molecule has 0 amide bonds. The molecule has 0 spiro atoms. The first-order valence-corrected chi connectivity index (χ1v) is 9.12. The number of carbonyl (C=O) groups excluding carboxylic acids is 2. The van der Waals surface area contributed by atoms with Crippen LogP contribution in [0.2, 0.25) is 0 Å². The number of carbonyl (C=O) groups is 2. The van der Waals surface area contributed by atoms with Crippen LogP contribution in [0, 0.1) is 0 Å². The first-order valence-electron chi connectivity index (χ1n) is 5.90. The first kappa shape index (κ1) is 23.5. The van der Waals surface area contributed by atoms with Crippen molar-refractivity contribution >= 4 is 32.2 Å². The second kappa shape index (κ2) is 11.8. The monoisotopic (exact) mass is 374 g/mol. The molecule has 10 nitrogen and oxygen atoms in total. The minimum atomic E-state index is -4.04. The summed E-state index contributed by atoms with van der Waals surface area (Å²) in [6, 6.07) is 0. The summed E-state index contributed by atoms with van der Waals surface area (Å²) in [5, 5.41) is 0. The minimum absolute atomic E-state index is 0.0371. The number of esters is 2. The van der Waals surface area contributed by atoms with Gasteiger partial charge in [0.2, 0.25) is 0 Å². The average Bonchev–Trinajstić information content (AvgIpc) is 2.41. The lowest BCUT2D eigenvalue weighted by Gasteiger charge is -1.99. The second-order valence-corrected chi connectivity index (χ2v) is 6.81. The van der Waals surface area contributed by atoms with Crippen LogP contribution in [0.25, 0.3) is 0 Å². The molecule has 0 aromatic carbocycles. The van der Waals surface area contributed by atoms with Crippen molar-refractivity contribution in [1.29, 1.82) is 0 Å². The van der Waals surface area contributed by atoms with Gasteiger partial charge in [0.15, 0.2) is 0 Å². The zero-order valence-electron chi connectivity index (χ0n) is 12.1. The summed E-state index contributed by atoms with van der Waals surface area (Å²) < 4.78 is 65.5. The summed E-state index contributed by atoms with van der Waals surface area (Å²) in [6.45, 7) is 5.84. The largest absolute Gasteiger partial charge is 0.463 e. The first-order chi connectivity index (χ1) is 10.4. The van der Waals surface area contributed by atoms with E-state index in [-0.39, 0.29) is 19.6 Å². The molecule has 0 saturated heterocycles. The average molecular weight is 374 g/mol. The van der Waals surface area contributed by atoms with Crippen LogP contribution in [0.1, 0.15) is 6.42 Å². The van der Waals surface area contributed by atoms with Gasteiger partial charge < -0.3 is 9.47 Å². The predicted molar refractivity (Wildman–Crippen MR) is 79.8 cm³/mol. The quantitative estimate of drug-likeness (QED) is 0.235. The van der Waals surface area contributed by atoms with E-state index in [0.717, 1.165) is 12.2 Å². The summed E-state index contributed by atoms with van der Waals surface area (Å²) >= 11 is 0. The Labute approximate surface area is 134 Å². The summed E-state index contributed by atoms with van der Waals surface area (Å²) in [4.78, 5) is 20.7. The zero-order chi connectivity index (χ0) is 18.5. The molecule has 0 aliphatic carbocycles. The maximum Gasteiger partial charge on any atom is 0.330 e. The van der Waals surface area contributed by atoms with Crippen molar-refractivity contribution in [3.05, 3.63) is 25.3 Å². The number of hydrogen-bond acceptors (Lipinski definition) is 8. The predicted octanol–water partition coefficient (Wildman–Crippen LogP) is -0.403. The molecule has 2 N–H and O–H groups in total. The van der Waals surface area contributed by atoms with E-state index in [0.29, 0.717) is 0 Å². The molecule has 0 aromatic rings. The molecule has 0 unspecified atom stereocenters. The van der Waals surface area contributed by atoms with Crippen molar-refractivity contribution in [3.8, 4) is 0 Å². The van der Waals surface area contributed by atoms with Gasteiger partial charge in [0.1, 0.15) is 12.4 Å². The maximum atomic E-state index is 10.4. The third-order valence-electron chi connectivity index (χ3n) is 1.71. The third kappa shape index (κ3) is 22.7. The standard InChI is InChI=1S/C6H10O5S.C5H8O5S/c1-2-6(7)11-4-3-5-12(8,9)10;1-2-5(6)10-3-4-11(7,8)9/h2H,1,3-5H2,(H,8,9,10);2H,1,3-4H2,(H,7,8,9). The number of rotatable bonds is 9. The molecule has 23 heavy (non-hydrogen) atoms. The Morgan fingerprint density at radius 2 is 1.22 bits per heavy atom. The van der Waals surface area contributed by atoms with Crippen LogP contribution in [-0.4, -0.2) is 62.6 Å². The van der Waals surface area contributed by atoms with Crippen LogP contribution in [0.15, 0.2) is 25.3 Å². The lowest BCUT2D eigenvalue weighted by Crippen LogP contribution is -2.13. The van der Waals surface area contributed by atoms with Crippen molar-refractivity contribution < 1.29 is 45.0 Å². The molecule has 0 fully saturated rings. The minimum Gasteiger partial charge on any atom is -0.463 e. The van der Waals surface area contributed by atoms with Gasteiger partial charge in [-0.15, -0.1) is 0 Å². The van der Waals surface area contributed by atoms with E-state index in [2.05, 4.69) is 22.6 Å². The van der Waals surface area contributed by atoms with Gasteiger partial charge in [-0.25, -0.2) is 9.59 Å². The van der Waals surface area contributed by atoms with Gasteiger partial charge in [0.25, 0.3) is 20.2 Å². The molecule has 0 heterocycles. The normalized spacial score (nSPS) is 10.7. The Balaban J connectivity index is 0. The maximum absolute atomic E-state index is 10.4. The van der Waals surface area contributed by atoms with Gasteiger partial charge >= 0.3 is 11.9 Å². The molecule has 0 bridgehead atoms.